The van der Waals surface area contributed by atoms with Crippen molar-refractivity contribution in [2.45, 2.75) is 89.4 Å². The number of halogens is 2. The van der Waals surface area contributed by atoms with Crippen molar-refractivity contribution in [3.8, 4) is 0 Å². The first-order chi connectivity index (χ1) is 25.1. The number of carbonyl (C=O) groups excluding carboxylic acids is 6. The molecule has 3 aliphatic heterocycles. The van der Waals surface area contributed by atoms with Gasteiger partial charge >= 0.3 is 24.0 Å². The number of nitrogens with zero attached hydrogens (tertiary/aromatic N) is 4. The molecule has 0 radical (unpaired) electrons. The fourth-order valence-corrected chi connectivity index (χ4v) is 6.86. The van der Waals surface area contributed by atoms with Gasteiger partial charge in [-0.1, -0.05) is 73.2 Å². The Balaban J connectivity index is 1.23. The smallest absolute Gasteiger partial charge is 0.327 e. The molecule has 2 fully saturated rings. The van der Waals surface area contributed by atoms with E-state index in [4.69, 9.17) is 32.7 Å². The molecule has 278 valence electrons. The molecule has 52 heavy (non-hydrogen) atoms. The van der Waals surface area contributed by atoms with E-state index < -0.39 is 36.1 Å². The maximum Gasteiger partial charge on any atom is 0.327 e. The van der Waals surface area contributed by atoms with Crippen molar-refractivity contribution in [2.24, 2.45) is 0 Å². The summed E-state index contributed by atoms with van der Waals surface area (Å²) in [5.41, 5.74) is 1.62. The summed E-state index contributed by atoms with van der Waals surface area (Å²) in [7, 11) is 0. The molecule has 6 amide bonds. The number of amides is 6. The fraction of sp³-hybridized carbons (Fsp3) is 0.474. The molecular weight excluding hydrogens is 711 g/mol. The van der Waals surface area contributed by atoms with Gasteiger partial charge in [0.05, 0.1) is 0 Å². The largest absolute Gasteiger partial charge is 0.461 e. The summed E-state index contributed by atoms with van der Waals surface area (Å²) in [5.74, 6) is -1.72. The highest BCUT2D eigenvalue weighted by Crippen LogP contribution is 2.27. The van der Waals surface area contributed by atoms with Gasteiger partial charge in [-0.3, -0.25) is 29.0 Å². The van der Waals surface area contributed by atoms with Gasteiger partial charge < -0.3 is 19.3 Å². The summed E-state index contributed by atoms with van der Waals surface area (Å²) in [5, 5.41) is 1.12. The van der Waals surface area contributed by atoms with Gasteiger partial charge in [-0.25, -0.2) is 9.59 Å². The lowest BCUT2D eigenvalue weighted by atomic mass is 10.1. The summed E-state index contributed by atoms with van der Waals surface area (Å²) in [4.78, 5) is 84.7. The summed E-state index contributed by atoms with van der Waals surface area (Å²) in [6.45, 7) is 0.799. The highest BCUT2D eigenvalue weighted by atomic mass is 35.5. The van der Waals surface area contributed by atoms with Crippen LogP contribution in [0, 0.1) is 0 Å². The second kappa shape index (κ2) is 18.9. The van der Waals surface area contributed by atoms with Crippen LogP contribution in [0.1, 0.15) is 75.3 Å². The SMILES string of the molecule is O=C1CCC2C(=O)N(CCCCCCCCN3C(=O)C(CCC(=O)OC/C=C\CO1)N(Cc1ccc(Cl)cc1)C3=O)C(=O)N2Cc1ccc(Cl)cc1. The minimum absolute atomic E-state index is 0.0632. The number of cyclic esters (lactones) is 2. The van der Waals surface area contributed by atoms with Crippen LogP contribution in [0.2, 0.25) is 10.0 Å². The van der Waals surface area contributed by atoms with Crippen LogP contribution in [0.25, 0.3) is 0 Å². The van der Waals surface area contributed by atoms with E-state index in [0.29, 0.717) is 22.9 Å². The Bertz CT molecular complexity index is 1510. The Morgan fingerprint density at radius 2 is 0.904 bits per heavy atom. The molecule has 0 N–H and O–H groups in total. The zero-order valence-electron chi connectivity index (χ0n) is 29.1. The van der Waals surface area contributed by atoms with Crippen molar-refractivity contribution < 1.29 is 38.2 Å². The van der Waals surface area contributed by atoms with Gasteiger partial charge in [0.15, 0.2) is 0 Å². The molecule has 12 nitrogen and oxygen atoms in total. The van der Waals surface area contributed by atoms with Crippen LogP contribution in [-0.2, 0) is 41.7 Å². The van der Waals surface area contributed by atoms with Gasteiger partial charge in [0, 0.05) is 49.1 Å². The number of imide groups is 2. The van der Waals surface area contributed by atoms with E-state index in [9.17, 15) is 28.8 Å². The molecule has 3 heterocycles. The van der Waals surface area contributed by atoms with Crippen LogP contribution >= 0.6 is 23.2 Å². The number of esters is 2. The number of carbonyl (C=O) groups is 6. The number of benzene rings is 2. The number of hydrogen-bond acceptors (Lipinski definition) is 8. The second-order valence-corrected chi connectivity index (χ2v) is 14.0. The first-order valence-electron chi connectivity index (χ1n) is 17.8. The molecule has 2 aromatic rings. The summed E-state index contributed by atoms with van der Waals surface area (Å²) >= 11 is 12.1. The average Bonchev–Trinajstić information content (AvgIpc) is 3.48. The van der Waals surface area contributed by atoms with Crippen LogP contribution in [0.3, 0.4) is 0 Å². The topological polar surface area (TPSA) is 134 Å². The summed E-state index contributed by atoms with van der Waals surface area (Å²) in [6.07, 6.45) is 7.72. The molecule has 5 rings (SSSR count). The summed E-state index contributed by atoms with van der Waals surface area (Å²) < 4.78 is 10.6. The lowest BCUT2D eigenvalue weighted by Gasteiger charge is -2.22. The number of fused-ring (bicyclic) bond motifs is 4. The third kappa shape index (κ3) is 10.3. The molecular formula is C38H44Cl2N4O8. The molecule has 0 saturated carbocycles. The maximum absolute atomic E-state index is 13.5. The number of hydrogen-bond donors (Lipinski definition) is 0. The monoisotopic (exact) mass is 754 g/mol. The highest BCUT2D eigenvalue weighted by molar-refractivity contribution is 6.30. The molecule has 0 aliphatic carbocycles. The van der Waals surface area contributed by atoms with Gasteiger partial charge in [0.2, 0.25) is 0 Å². The van der Waals surface area contributed by atoms with Crippen molar-refractivity contribution in [2.75, 3.05) is 26.3 Å². The fourth-order valence-electron chi connectivity index (χ4n) is 6.61. The van der Waals surface area contributed by atoms with Crippen molar-refractivity contribution in [3.05, 3.63) is 81.9 Å². The molecule has 14 heteroatoms. The first-order valence-corrected chi connectivity index (χ1v) is 18.6. The third-order valence-corrected chi connectivity index (χ3v) is 9.95. The Hall–Kier alpha value is -4.42. The Morgan fingerprint density at radius 1 is 0.538 bits per heavy atom. The number of rotatable bonds is 4. The molecule has 2 aromatic carbocycles. The normalized spacial score (nSPS) is 22.8. The minimum Gasteiger partial charge on any atom is -0.461 e. The molecule has 2 atom stereocenters. The van der Waals surface area contributed by atoms with Gasteiger partial charge in [-0.2, -0.15) is 0 Å². The molecule has 0 spiro atoms. The average molecular weight is 756 g/mol. The molecule has 3 aliphatic rings. The van der Waals surface area contributed by atoms with E-state index in [1.54, 1.807) is 60.7 Å². The van der Waals surface area contributed by atoms with Gasteiger partial charge in [-0.15, -0.1) is 0 Å². The van der Waals surface area contributed by atoms with E-state index >= 15 is 0 Å². The number of ether oxygens (including phenoxy) is 2. The quantitative estimate of drug-likeness (QED) is 0.196. The van der Waals surface area contributed by atoms with Crippen LogP contribution in [-0.4, -0.2) is 93.8 Å². The lowest BCUT2D eigenvalue weighted by molar-refractivity contribution is -0.144. The first kappa shape index (κ1) is 38.8. The predicted octanol–water partition coefficient (Wildman–Crippen LogP) is 6.52. The van der Waals surface area contributed by atoms with E-state index in [-0.39, 0.29) is 76.9 Å². The van der Waals surface area contributed by atoms with Crippen LogP contribution in [0.15, 0.2) is 60.7 Å². The van der Waals surface area contributed by atoms with E-state index in [1.807, 2.05) is 0 Å². The van der Waals surface area contributed by atoms with Crippen molar-refractivity contribution >= 4 is 59.0 Å². The molecule has 0 aromatic heterocycles. The minimum atomic E-state index is -0.804. The second-order valence-electron chi connectivity index (χ2n) is 13.1. The third-order valence-electron chi connectivity index (χ3n) is 9.45. The predicted molar refractivity (Wildman–Crippen MR) is 193 cm³/mol. The van der Waals surface area contributed by atoms with Gasteiger partial charge in [0.25, 0.3) is 11.8 Å². The molecule has 2 unspecified atom stereocenters. The van der Waals surface area contributed by atoms with E-state index in [1.165, 1.54) is 19.6 Å². The molecule has 4 bridgehead atoms. The standard InChI is InChI=1S/C38H44Cl2N4O8/c39-29-13-9-27(10-14-29)25-43-31-17-19-33(45)51-23-7-8-24-52-34(46)20-18-32-36(48)42(38(50)44(32)26-28-11-15-30(40)16-12-28)22-6-4-2-1-3-5-21-41(35(31)47)37(43)49/h7-16,31-32H,1-6,17-26H2/b8-7-. The zero-order chi connectivity index (χ0) is 37.0. The highest BCUT2D eigenvalue weighted by Gasteiger charge is 2.45. The zero-order valence-corrected chi connectivity index (χ0v) is 30.6. The van der Waals surface area contributed by atoms with Gasteiger partial charge in [-0.05, 0) is 73.2 Å². The van der Waals surface area contributed by atoms with Gasteiger partial charge in [0.1, 0.15) is 25.3 Å². The Kier molecular flexibility index (Phi) is 14.1. The van der Waals surface area contributed by atoms with Crippen LogP contribution in [0.4, 0.5) is 9.59 Å². The van der Waals surface area contributed by atoms with Crippen LogP contribution < -0.4 is 0 Å². The Labute approximate surface area is 313 Å². The van der Waals surface area contributed by atoms with Crippen LogP contribution in [0.5, 0.6) is 0 Å². The van der Waals surface area contributed by atoms with E-state index in [0.717, 1.165) is 36.8 Å². The van der Waals surface area contributed by atoms with Crippen molar-refractivity contribution in [1.29, 1.82) is 0 Å². The van der Waals surface area contributed by atoms with Crippen molar-refractivity contribution in [3.63, 3.8) is 0 Å². The summed E-state index contributed by atoms with van der Waals surface area (Å²) in [6, 6.07) is 11.7. The lowest BCUT2D eigenvalue weighted by Crippen LogP contribution is -2.35. The molecule has 2 saturated heterocycles. The Morgan fingerprint density at radius 3 is 1.29 bits per heavy atom. The van der Waals surface area contributed by atoms with Crippen molar-refractivity contribution in [1.82, 2.24) is 19.6 Å². The van der Waals surface area contributed by atoms with E-state index in [2.05, 4.69) is 0 Å². The maximum atomic E-state index is 13.5. The number of urea groups is 2.